The van der Waals surface area contributed by atoms with Crippen molar-refractivity contribution in [2.45, 2.75) is 6.92 Å². The Hall–Kier alpha value is -3.93. The van der Waals surface area contributed by atoms with Gasteiger partial charge in [-0.05, 0) is 43.3 Å². The molecule has 5 aromatic rings. The molecule has 2 heterocycles. The lowest BCUT2D eigenvalue weighted by Crippen LogP contribution is -2.10. The number of hydrogen-bond acceptors (Lipinski definition) is 4. The van der Waals surface area contributed by atoms with E-state index in [0.29, 0.717) is 17.4 Å². The Morgan fingerprint density at radius 1 is 0.750 bits per heavy atom. The highest BCUT2D eigenvalue weighted by Crippen LogP contribution is 2.17. The molecule has 28 heavy (non-hydrogen) atoms. The molecule has 0 saturated carbocycles. The summed E-state index contributed by atoms with van der Waals surface area (Å²) in [5.41, 5.74) is 9.52. The zero-order valence-electron chi connectivity index (χ0n) is 15.3. The highest BCUT2D eigenvalue weighted by molar-refractivity contribution is 6.11. The fourth-order valence-electron chi connectivity index (χ4n) is 3.10. The average molecular weight is 366 g/mol. The number of aromatic nitrogens is 4. The second-order valence-electron chi connectivity index (χ2n) is 6.64. The van der Waals surface area contributed by atoms with Crippen LogP contribution in [-0.4, -0.2) is 25.6 Å². The third-order valence-corrected chi connectivity index (χ3v) is 4.58. The number of benzene rings is 3. The lowest BCUT2D eigenvalue weighted by atomic mass is 10.2. The molecule has 136 valence electrons. The minimum Gasteiger partial charge on any atom is -0.336 e. The maximum absolute atomic E-state index is 4.70. The minimum atomic E-state index is 0.618. The Bertz CT molecular complexity index is 1150. The van der Waals surface area contributed by atoms with Crippen LogP contribution in [0, 0.1) is 6.92 Å². The van der Waals surface area contributed by atoms with E-state index in [4.69, 9.17) is 9.97 Å². The molecule has 0 amide bonds. The summed E-state index contributed by atoms with van der Waals surface area (Å²) in [5, 5.41) is 4.63. The summed E-state index contributed by atoms with van der Waals surface area (Å²) in [6.45, 7) is 2.06. The molecular formula is C22H18N6. The molecular weight excluding hydrogens is 348 g/mol. The number of rotatable bonds is 4. The summed E-state index contributed by atoms with van der Waals surface area (Å²) in [4.78, 5) is 16.1. The first-order valence-electron chi connectivity index (χ1n) is 9.07. The molecule has 0 atom stereocenters. The molecule has 6 heteroatoms. The van der Waals surface area contributed by atoms with Crippen molar-refractivity contribution >= 4 is 33.5 Å². The number of hydrazone groups is 1. The number of nitrogens with one attached hydrogen (secondary N) is 3. The van der Waals surface area contributed by atoms with Crippen LogP contribution >= 0.6 is 0 Å². The van der Waals surface area contributed by atoms with Crippen LogP contribution in [0.15, 0.2) is 77.9 Å². The number of hydrogen-bond donors (Lipinski definition) is 3. The Labute approximate surface area is 161 Å². The summed E-state index contributed by atoms with van der Waals surface area (Å²) in [6.07, 6.45) is 0. The van der Waals surface area contributed by atoms with Gasteiger partial charge in [0.2, 0.25) is 0 Å². The van der Waals surface area contributed by atoms with E-state index < -0.39 is 0 Å². The van der Waals surface area contributed by atoms with Crippen molar-refractivity contribution in [2.24, 2.45) is 5.10 Å². The van der Waals surface area contributed by atoms with Gasteiger partial charge in [-0.1, -0.05) is 42.0 Å². The molecule has 3 aromatic carbocycles. The molecule has 0 aliphatic heterocycles. The van der Waals surface area contributed by atoms with Crippen molar-refractivity contribution < 1.29 is 0 Å². The molecule has 0 aliphatic carbocycles. The first-order chi connectivity index (χ1) is 13.8. The second kappa shape index (κ2) is 6.66. The number of imidazole rings is 2. The first-order valence-corrected chi connectivity index (χ1v) is 9.07. The second-order valence-corrected chi connectivity index (χ2v) is 6.64. The number of anilines is 1. The van der Waals surface area contributed by atoms with Gasteiger partial charge in [-0.3, -0.25) is 5.43 Å². The van der Waals surface area contributed by atoms with Gasteiger partial charge in [0.15, 0.2) is 17.4 Å². The molecule has 0 spiro atoms. The maximum Gasteiger partial charge on any atom is 0.168 e. The van der Waals surface area contributed by atoms with E-state index in [-0.39, 0.29) is 0 Å². The van der Waals surface area contributed by atoms with Gasteiger partial charge in [0.05, 0.1) is 27.8 Å². The van der Waals surface area contributed by atoms with Gasteiger partial charge < -0.3 is 9.97 Å². The van der Waals surface area contributed by atoms with Crippen LogP contribution < -0.4 is 5.43 Å². The fraction of sp³-hybridized carbons (Fsp3) is 0.0455. The molecule has 0 fully saturated rings. The van der Waals surface area contributed by atoms with E-state index in [9.17, 15) is 0 Å². The van der Waals surface area contributed by atoms with Gasteiger partial charge in [0.1, 0.15) is 0 Å². The monoisotopic (exact) mass is 366 g/mol. The van der Waals surface area contributed by atoms with Crippen molar-refractivity contribution in [2.75, 3.05) is 5.43 Å². The molecule has 3 N–H and O–H groups in total. The normalized spacial score (nSPS) is 11.0. The lowest BCUT2D eigenvalue weighted by molar-refractivity contribution is 1.19. The third kappa shape index (κ3) is 3.01. The molecule has 0 unspecified atom stereocenters. The molecule has 2 aromatic heterocycles. The van der Waals surface area contributed by atoms with E-state index in [0.717, 1.165) is 27.8 Å². The number of H-pyrrole nitrogens is 2. The fourth-order valence-corrected chi connectivity index (χ4v) is 3.10. The summed E-state index contributed by atoms with van der Waals surface area (Å²) < 4.78 is 0. The number of aryl methyl sites for hydroxylation is 1. The zero-order chi connectivity index (χ0) is 18.9. The van der Waals surface area contributed by atoms with Crippen LogP contribution in [-0.2, 0) is 0 Å². The molecule has 0 radical (unpaired) electrons. The van der Waals surface area contributed by atoms with Crippen molar-refractivity contribution in [3.63, 3.8) is 0 Å². The van der Waals surface area contributed by atoms with Gasteiger partial charge in [-0.2, -0.15) is 5.10 Å². The van der Waals surface area contributed by atoms with Crippen molar-refractivity contribution in [1.82, 2.24) is 19.9 Å². The minimum absolute atomic E-state index is 0.618. The largest absolute Gasteiger partial charge is 0.336 e. The summed E-state index contributed by atoms with van der Waals surface area (Å²) in [6, 6.07) is 23.9. The van der Waals surface area contributed by atoms with Gasteiger partial charge in [0, 0.05) is 0 Å². The van der Waals surface area contributed by atoms with Crippen molar-refractivity contribution in [1.29, 1.82) is 0 Å². The van der Waals surface area contributed by atoms with Crippen LogP contribution in [0.5, 0.6) is 0 Å². The van der Waals surface area contributed by atoms with Crippen LogP contribution in [0.3, 0.4) is 0 Å². The van der Waals surface area contributed by atoms with E-state index >= 15 is 0 Å². The molecule has 5 rings (SSSR count). The quantitative estimate of drug-likeness (QED) is 0.321. The van der Waals surface area contributed by atoms with Gasteiger partial charge in [-0.25, -0.2) is 9.97 Å². The Kier molecular flexibility index (Phi) is 3.87. The number of aromatic amines is 2. The van der Waals surface area contributed by atoms with E-state index in [1.165, 1.54) is 5.56 Å². The predicted molar refractivity (Wildman–Crippen MR) is 113 cm³/mol. The average Bonchev–Trinajstić information content (AvgIpc) is 3.33. The van der Waals surface area contributed by atoms with Crippen LogP contribution in [0.2, 0.25) is 0 Å². The Morgan fingerprint density at radius 2 is 1.29 bits per heavy atom. The van der Waals surface area contributed by atoms with Crippen molar-refractivity contribution in [3.05, 3.63) is 90.0 Å². The van der Waals surface area contributed by atoms with Gasteiger partial charge >= 0.3 is 0 Å². The van der Waals surface area contributed by atoms with Crippen molar-refractivity contribution in [3.8, 4) is 0 Å². The smallest absolute Gasteiger partial charge is 0.168 e. The van der Waals surface area contributed by atoms with Crippen LogP contribution in [0.4, 0.5) is 5.69 Å². The first kappa shape index (κ1) is 16.3. The number of para-hydroxylation sites is 4. The third-order valence-electron chi connectivity index (χ3n) is 4.58. The topological polar surface area (TPSA) is 81.8 Å². The van der Waals surface area contributed by atoms with Crippen LogP contribution in [0.25, 0.3) is 22.1 Å². The molecule has 6 nitrogen and oxygen atoms in total. The standard InChI is InChI=1S/C22H18N6/c1-14-10-12-15(13-11-14)27-28-20(21-23-16-6-2-3-7-17(16)24-21)22-25-18-8-4-5-9-19(18)26-22/h2-13,27H,1H3,(H,23,24)(H,25,26). The SMILES string of the molecule is Cc1ccc(NN=C(c2nc3ccccc3[nH]2)c2nc3ccccc3[nH]2)cc1. The number of fused-ring (bicyclic) bond motifs is 2. The van der Waals surface area contributed by atoms with Gasteiger partial charge in [0.25, 0.3) is 0 Å². The number of nitrogens with zero attached hydrogens (tertiary/aromatic N) is 3. The van der Waals surface area contributed by atoms with E-state index in [1.54, 1.807) is 0 Å². The Morgan fingerprint density at radius 3 is 1.82 bits per heavy atom. The highest BCUT2D eigenvalue weighted by atomic mass is 15.3. The van der Waals surface area contributed by atoms with Crippen LogP contribution in [0.1, 0.15) is 17.2 Å². The van der Waals surface area contributed by atoms with E-state index in [2.05, 4.69) is 27.4 Å². The predicted octanol–water partition coefficient (Wildman–Crippen LogP) is 4.61. The Balaban J connectivity index is 1.62. The summed E-state index contributed by atoms with van der Waals surface area (Å²) >= 11 is 0. The van der Waals surface area contributed by atoms with Gasteiger partial charge in [-0.15, -0.1) is 0 Å². The highest BCUT2D eigenvalue weighted by Gasteiger charge is 2.16. The lowest BCUT2D eigenvalue weighted by Gasteiger charge is -2.04. The molecule has 0 bridgehead atoms. The zero-order valence-corrected chi connectivity index (χ0v) is 15.3. The maximum atomic E-state index is 4.70. The molecule has 0 aliphatic rings. The molecule has 0 saturated heterocycles. The summed E-state index contributed by atoms with van der Waals surface area (Å²) in [5.74, 6) is 1.31. The summed E-state index contributed by atoms with van der Waals surface area (Å²) in [7, 11) is 0. The van der Waals surface area contributed by atoms with E-state index in [1.807, 2.05) is 72.8 Å².